The van der Waals surface area contributed by atoms with Gasteiger partial charge in [-0.25, -0.2) is 8.42 Å². The van der Waals surface area contributed by atoms with Crippen molar-refractivity contribution in [2.24, 2.45) is 0 Å². The van der Waals surface area contributed by atoms with Crippen molar-refractivity contribution < 1.29 is 13.3 Å². The molecule has 0 heterocycles. The molecule has 0 aromatic heterocycles. The fourth-order valence-corrected chi connectivity index (χ4v) is 4.47. The number of hydrogen-bond donors (Lipinski definition) is 1. The smallest absolute Gasteiger partial charge is 0.289 e. The van der Waals surface area contributed by atoms with Crippen LogP contribution in [0.2, 0.25) is 0 Å². The van der Waals surface area contributed by atoms with Gasteiger partial charge >= 0.3 is 0 Å². The molecule has 0 fully saturated rings. The number of rotatable bonds is 7. The van der Waals surface area contributed by atoms with Crippen molar-refractivity contribution in [1.29, 1.82) is 0 Å². The molecule has 0 aliphatic rings. The van der Waals surface area contributed by atoms with Crippen molar-refractivity contribution in [1.82, 2.24) is 4.31 Å². The molecule has 1 aromatic carbocycles. The number of benzene rings is 1. The number of hydrogen-bond acceptors (Lipinski definition) is 6. The Morgan fingerprint density at radius 1 is 1.48 bits per heavy atom. The summed E-state index contributed by atoms with van der Waals surface area (Å²) in [6.07, 6.45) is 2.50. The Balaban J connectivity index is 3.36. The Hall–Kier alpha value is -1.32. The number of nitrogens with zero attached hydrogens (tertiary/aromatic N) is 2. The maximum atomic E-state index is 12.6. The Bertz CT molecular complexity index is 619. The number of nitrogens with two attached hydrogens (primary N) is 1. The summed E-state index contributed by atoms with van der Waals surface area (Å²) in [6, 6.07) is 3.34. The van der Waals surface area contributed by atoms with Gasteiger partial charge in [0.05, 0.1) is 4.92 Å². The molecule has 0 spiro atoms. The highest BCUT2D eigenvalue weighted by Gasteiger charge is 2.33. The van der Waals surface area contributed by atoms with Crippen LogP contribution in [0.4, 0.5) is 11.4 Å². The van der Waals surface area contributed by atoms with Gasteiger partial charge in [-0.1, -0.05) is 6.92 Å². The lowest BCUT2D eigenvalue weighted by Crippen LogP contribution is -2.38. The van der Waals surface area contributed by atoms with E-state index in [9.17, 15) is 18.5 Å². The summed E-state index contributed by atoms with van der Waals surface area (Å²) in [7, 11) is -2.54. The van der Waals surface area contributed by atoms with Gasteiger partial charge in [0.2, 0.25) is 10.0 Å². The van der Waals surface area contributed by atoms with E-state index in [0.29, 0.717) is 12.2 Å². The number of nitro benzene ring substituents is 1. The van der Waals surface area contributed by atoms with Gasteiger partial charge in [-0.15, -0.1) is 0 Å². The molecule has 118 valence electrons. The van der Waals surface area contributed by atoms with Gasteiger partial charge in [0, 0.05) is 30.6 Å². The SMILES string of the molecule is CCC(CSC)N(C)S(=O)(=O)c1cc(N)ccc1[N+](=O)[O-]. The van der Waals surface area contributed by atoms with E-state index in [4.69, 9.17) is 5.73 Å². The van der Waals surface area contributed by atoms with Crippen LogP contribution in [0, 0.1) is 10.1 Å². The lowest BCUT2D eigenvalue weighted by atomic mass is 10.3. The molecule has 0 aliphatic carbocycles. The molecule has 0 bridgehead atoms. The van der Waals surface area contributed by atoms with E-state index in [-0.39, 0.29) is 16.6 Å². The Morgan fingerprint density at radius 2 is 2.10 bits per heavy atom. The molecule has 1 atom stereocenters. The molecule has 2 N–H and O–H groups in total. The zero-order valence-corrected chi connectivity index (χ0v) is 13.8. The van der Waals surface area contributed by atoms with Crippen molar-refractivity contribution in [3.8, 4) is 0 Å². The largest absolute Gasteiger partial charge is 0.399 e. The number of nitro groups is 1. The molecule has 1 rings (SSSR count). The summed E-state index contributed by atoms with van der Waals surface area (Å²) < 4.78 is 26.5. The van der Waals surface area contributed by atoms with Crippen molar-refractivity contribution >= 4 is 33.2 Å². The summed E-state index contributed by atoms with van der Waals surface area (Å²) in [4.78, 5) is 9.97. The van der Waals surface area contributed by atoms with E-state index in [1.165, 1.54) is 29.2 Å². The first-order chi connectivity index (χ1) is 9.75. The summed E-state index contributed by atoms with van der Waals surface area (Å²) in [5, 5.41) is 11.0. The lowest BCUT2D eigenvalue weighted by molar-refractivity contribution is -0.387. The minimum absolute atomic E-state index is 0.172. The van der Waals surface area contributed by atoms with E-state index in [2.05, 4.69) is 0 Å². The fraction of sp³-hybridized carbons (Fsp3) is 0.500. The van der Waals surface area contributed by atoms with Gasteiger partial charge in [0.1, 0.15) is 0 Å². The monoisotopic (exact) mass is 333 g/mol. The van der Waals surface area contributed by atoms with Gasteiger partial charge in [0.15, 0.2) is 4.90 Å². The molecule has 21 heavy (non-hydrogen) atoms. The maximum Gasteiger partial charge on any atom is 0.289 e. The van der Waals surface area contributed by atoms with Gasteiger partial charge in [0.25, 0.3) is 5.69 Å². The average molecular weight is 333 g/mol. The number of thioether (sulfide) groups is 1. The predicted molar refractivity (Wildman–Crippen MR) is 84.9 cm³/mol. The molecule has 0 saturated carbocycles. The highest BCUT2D eigenvalue weighted by molar-refractivity contribution is 7.98. The van der Waals surface area contributed by atoms with E-state index >= 15 is 0 Å². The molecule has 7 nitrogen and oxygen atoms in total. The average Bonchev–Trinajstić information content (AvgIpc) is 2.43. The highest BCUT2D eigenvalue weighted by atomic mass is 32.2. The third kappa shape index (κ3) is 3.86. The minimum atomic E-state index is -3.97. The summed E-state index contributed by atoms with van der Waals surface area (Å²) in [6.45, 7) is 1.88. The first kappa shape index (κ1) is 17.7. The maximum absolute atomic E-state index is 12.6. The Kier molecular flexibility index (Phi) is 5.99. The lowest BCUT2D eigenvalue weighted by Gasteiger charge is -2.25. The molecule has 0 saturated heterocycles. The van der Waals surface area contributed by atoms with E-state index in [1.807, 2.05) is 13.2 Å². The second-order valence-electron chi connectivity index (χ2n) is 4.52. The summed E-state index contributed by atoms with van der Waals surface area (Å²) in [5.74, 6) is 0.613. The first-order valence-electron chi connectivity index (χ1n) is 6.26. The molecular formula is C12H19N3O4S2. The fourth-order valence-electron chi connectivity index (χ4n) is 1.91. The van der Waals surface area contributed by atoms with E-state index < -0.39 is 20.6 Å². The van der Waals surface area contributed by atoms with Crippen LogP contribution in [0.3, 0.4) is 0 Å². The minimum Gasteiger partial charge on any atom is -0.399 e. The topological polar surface area (TPSA) is 107 Å². The Labute approximate surface area is 128 Å². The van der Waals surface area contributed by atoms with Crippen molar-refractivity contribution in [3.63, 3.8) is 0 Å². The predicted octanol–water partition coefficient (Wildman–Crippen LogP) is 1.94. The van der Waals surface area contributed by atoms with Crippen molar-refractivity contribution in [2.45, 2.75) is 24.3 Å². The molecule has 0 amide bonds. The molecule has 0 aliphatic heterocycles. The third-order valence-corrected chi connectivity index (χ3v) is 5.84. The standard InChI is InChI=1S/C12H19N3O4S2/c1-4-10(8-20-3)14(2)21(18,19)12-7-9(13)5-6-11(12)15(16)17/h5-7,10H,4,8,13H2,1-3H3. The molecule has 1 aromatic rings. The molecule has 1 unspecified atom stereocenters. The van der Waals surface area contributed by atoms with Crippen LogP contribution in [0.1, 0.15) is 13.3 Å². The van der Waals surface area contributed by atoms with E-state index in [0.717, 1.165) is 12.1 Å². The zero-order valence-electron chi connectivity index (χ0n) is 12.1. The second-order valence-corrected chi connectivity index (χ2v) is 7.40. The van der Waals surface area contributed by atoms with Crippen LogP contribution in [-0.4, -0.2) is 42.7 Å². The second kappa shape index (κ2) is 7.10. The quantitative estimate of drug-likeness (QED) is 0.464. The van der Waals surface area contributed by atoms with Crippen LogP contribution in [0.5, 0.6) is 0 Å². The van der Waals surface area contributed by atoms with Crippen LogP contribution in [-0.2, 0) is 10.0 Å². The van der Waals surface area contributed by atoms with Crippen molar-refractivity contribution in [3.05, 3.63) is 28.3 Å². The van der Waals surface area contributed by atoms with Crippen LogP contribution >= 0.6 is 11.8 Å². The molecule has 9 heteroatoms. The van der Waals surface area contributed by atoms with E-state index in [1.54, 1.807) is 0 Å². The zero-order chi connectivity index (χ0) is 16.2. The van der Waals surface area contributed by atoms with Gasteiger partial charge in [-0.3, -0.25) is 10.1 Å². The van der Waals surface area contributed by atoms with Crippen LogP contribution < -0.4 is 5.73 Å². The summed E-state index contributed by atoms with van der Waals surface area (Å²) in [5.41, 5.74) is 5.29. The van der Waals surface area contributed by atoms with Gasteiger partial charge in [-0.2, -0.15) is 16.1 Å². The first-order valence-corrected chi connectivity index (χ1v) is 9.10. The van der Waals surface area contributed by atoms with Gasteiger partial charge in [-0.05, 0) is 24.8 Å². The van der Waals surface area contributed by atoms with Gasteiger partial charge < -0.3 is 5.73 Å². The molecule has 0 radical (unpaired) electrons. The van der Waals surface area contributed by atoms with Crippen LogP contribution in [0.25, 0.3) is 0 Å². The van der Waals surface area contributed by atoms with Crippen molar-refractivity contribution in [2.75, 3.05) is 24.8 Å². The number of nitrogen functional groups attached to an aromatic ring is 1. The molecular weight excluding hydrogens is 314 g/mol. The third-order valence-electron chi connectivity index (χ3n) is 3.18. The highest BCUT2D eigenvalue weighted by Crippen LogP contribution is 2.29. The summed E-state index contributed by atoms with van der Waals surface area (Å²) >= 11 is 1.52. The van der Waals surface area contributed by atoms with Crippen LogP contribution in [0.15, 0.2) is 23.1 Å². The number of anilines is 1. The normalized spacial score (nSPS) is 13.3. The Morgan fingerprint density at radius 3 is 2.57 bits per heavy atom. The number of sulfonamides is 1.